The van der Waals surface area contributed by atoms with Crippen LogP contribution in [0.3, 0.4) is 0 Å². The molecule has 0 unspecified atom stereocenters. The number of alkyl halides is 2. The summed E-state index contributed by atoms with van der Waals surface area (Å²) in [4.78, 5) is 19.1. The minimum absolute atomic E-state index is 0.141. The van der Waals surface area contributed by atoms with Crippen molar-refractivity contribution in [2.75, 3.05) is 7.05 Å². The van der Waals surface area contributed by atoms with Gasteiger partial charge in [-0.15, -0.1) is 0 Å². The molecule has 3 aromatic rings. The average molecular weight is 379 g/mol. The average Bonchev–Trinajstić information content (AvgIpc) is 3.38. The van der Waals surface area contributed by atoms with Crippen LogP contribution in [-0.2, 0) is 5.54 Å². The van der Waals surface area contributed by atoms with Crippen LogP contribution in [-0.4, -0.2) is 27.4 Å². The number of carbonyl (C=O) groups excluding carboxylic acids is 1. The molecule has 28 heavy (non-hydrogen) atoms. The summed E-state index contributed by atoms with van der Waals surface area (Å²) >= 11 is 0. The summed E-state index contributed by atoms with van der Waals surface area (Å²) in [5.41, 5.74) is 4.42. The van der Waals surface area contributed by atoms with E-state index in [9.17, 15) is 13.6 Å². The highest BCUT2D eigenvalue weighted by Gasteiger charge is 2.53. The summed E-state index contributed by atoms with van der Waals surface area (Å²) < 4.78 is 28.4. The van der Waals surface area contributed by atoms with Crippen molar-refractivity contribution in [3.8, 4) is 16.8 Å². The molecule has 1 aliphatic carbocycles. The number of rotatable bonds is 2. The van der Waals surface area contributed by atoms with E-state index in [1.165, 1.54) is 12.3 Å². The van der Waals surface area contributed by atoms with Gasteiger partial charge in [0.2, 0.25) is 0 Å². The molecule has 142 valence electrons. The van der Waals surface area contributed by atoms with Crippen molar-refractivity contribution < 1.29 is 13.6 Å². The van der Waals surface area contributed by atoms with E-state index in [1.807, 2.05) is 37.3 Å². The Hall–Kier alpha value is -3.02. The lowest BCUT2D eigenvalue weighted by Crippen LogP contribution is -2.36. The molecule has 1 saturated carbocycles. The van der Waals surface area contributed by atoms with E-state index < -0.39 is 6.43 Å². The molecule has 2 aromatic heterocycles. The third kappa shape index (κ3) is 2.27. The first kappa shape index (κ1) is 17.1. The van der Waals surface area contributed by atoms with Gasteiger partial charge in [-0.3, -0.25) is 9.78 Å². The number of hydrogen-bond donors (Lipinski definition) is 0. The van der Waals surface area contributed by atoms with E-state index in [0.29, 0.717) is 0 Å². The van der Waals surface area contributed by atoms with E-state index in [-0.39, 0.29) is 22.7 Å². The molecule has 1 spiro atoms. The van der Waals surface area contributed by atoms with E-state index in [0.717, 1.165) is 40.9 Å². The Morgan fingerprint density at radius 3 is 2.64 bits per heavy atom. The number of pyridine rings is 1. The quantitative estimate of drug-likeness (QED) is 0.638. The fourth-order valence-electron chi connectivity index (χ4n) is 4.32. The Kier molecular flexibility index (Phi) is 3.50. The van der Waals surface area contributed by atoms with Crippen molar-refractivity contribution in [1.29, 1.82) is 0 Å². The van der Waals surface area contributed by atoms with Gasteiger partial charge in [0.1, 0.15) is 5.69 Å². The Bertz CT molecular complexity index is 1110. The number of carbonyl (C=O) groups is 1. The molecule has 1 aromatic carbocycles. The Labute approximate surface area is 161 Å². The van der Waals surface area contributed by atoms with Crippen LogP contribution in [0.15, 0.2) is 48.8 Å². The van der Waals surface area contributed by atoms with Gasteiger partial charge in [-0.1, -0.05) is 18.2 Å². The van der Waals surface area contributed by atoms with Gasteiger partial charge >= 0.3 is 0 Å². The summed E-state index contributed by atoms with van der Waals surface area (Å²) in [5.74, 6) is -0.222. The third-order valence-corrected chi connectivity index (χ3v) is 6.06. The topological polar surface area (TPSA) is 38.1 Å². The van der Waals surface area contributed by atoms with Gasteiger partial charge in [-0.2, -0.15) is 0 Å². The molecule has 0 radical (unpaired) electrons. The molecule has 6 heteroatoms. The normalized spacial score (nSPS) is 16.9. The van der Waals surface area contributed by atoms with Crippen LogP contribution < -0.4 is 0 Å². The first-order valence-electron chi connectivity index (χ1n) is 9.28. The van der Waals surface area contributed by atoms with E-state index in [4.69, 9.17) is 0 Å². The monoisotopic (exact) mass is 379 g/mol. The minimum Gasteiger partial charge on any atom is -0.331 e. The predicted octanol–water partition coefficient (Wildman–Crippen LogP) is 4.86. The van der Waals surface area contributed by atoms with E-state index >= 15 is 0 Å². The van der Waals surface area contributed by atoms with Crippen molar-refractivity contribution in [3.63, 3.8) is 0 Å². The van der Waals surface area contributed by atoms with Gasteiger partial charge < -0.3 is 9.47 Å². The first-order valence-corrected chi connectivity index (χ1v) is 9.28. The maximum atomic E-state index is 13.4. The van der Waals surface area contributed by atoms with Crippen molar-refractivity contribution in [1.82, 2.24) is 14.5 Å². The van der Waals surface area contributed by atoms with Crippen LogP contribution in [0, 0.1) is 6.92 Å². The SMILES string of the molecule is Cc1ncccc1-c1ccc2c(c1)-n1cc(C(F)F)cc1C(=O)N(C)C21CC1. The smallest absolute Gasteiger partial charge is 0.271 e. The Balaban J connectivity index is 1.79. The fourth-order valence-corrected chi connectivity index (χ4v) is 4.32. The molecule has 1 fully saturated rings. The molecular weight excluding hydrogens is 360 g/mol. The number of amides is 1. The number of hydrogen-bond acceptors (Lipinski definition) is 2. The number of nitrogens with zero attached hydrogens (tertiary/aromatic N) is 3. The molecular formula is C22H19F2N3O. The van der Waals surface area contributed by atoms with Gasteiger partial charge in [0.25, 0.3) is 12.3 Å². The molecule has 0 saturated heterocycles. The predicted molar refractivity (Wildman–Crippen MR) is 102 cm³/mol. The molecule has 4 nitrogen and oxygen atoms in total. The second kappa shape index (κ2) is 5.74. The molecule has 2 aliphatic rings. The molecule has 1 aliphatic heterocycles. The van der Waals surface area contributed by atoms with Crippen LogP contribution in [0.25, 0.3) is 16.8 Å². The number of benzene rings is 1. The summed E-state index contributed by atoms with van der Waals surface area (Å²) in [7, 11) is 1.77. The highest BCUT2D eigenvalue weighted by molar-refractivity contribution is 5.96. The van der Waals surface area contributed by atoms with Gasteiger partial charge in [-0.05, 0) is 43.5 Å². The van der Waals surface area contributed by atoms with Crippen LogP contribution in [0.4, 0.5) is 8.78 Å². The van der Waals surface area contributed by atoms with Crippen LogP contribution in [0.2, 0.25) is 0 Å². The lowest BCUT2D eigenvalue weighted by molar-refractivity contribution is 0.0705. The standard InChI is InChI=1S/C22H19F2N3O/c1-13-16(4-3-9-25-13)14-5-6-17-18(10-14)27-12-15(20(23)24)11-19(27)21(28)26(2)22(17)7-8-22/h3-6,9-12,20H,7-8H2,1-2H3. The largest absolute Gasteiger partial charge is 0.331 e. The zero-order valence-corrected chi connectivity index (χ0v) is 15.6. The maximum absolute atomic E-state index is 13.4. The van der Waals surface area contributed by atoms with Gasteiger partial charge in [0.05, 0.1) is 11.2 Å². The van der Waals surface area contributed by atoms with E-state index in [2.05, 4.69) is 4.98 Å². The summed E-state index contributed by atoms with van der Waals surface area (Å²) in [6.45, 7) is 1.94. The third-order valence-electron chi connectivity index (χ3n) is 6.06. The molecule has 0 atom stereocenters. The molecule has 0 N–H and O–H groups in total. The minimum atomic E-state index is -2.63. The zero-order valence-electron chi connectivity index (χ0n) is 15.6. The van der Waals surface area contributed by atoms with Crippen molar-refractivity contribution in [2.45, 2.75) is 31.7 Å². The maximum Gasteiger partial charge on any atom is 0.271 e. The van der Waals surface area contributed by atoms with Crippen molar-refractivity contribution in [3.05, 3.63) is 71.3 Å². The van der Waals surface area contributed by atoms with Crippen molar-refractivity contribution in [2.24, 2.45) is 0 Å². The Morgan fingerprint density at radius 2 is 1.96 bits per heavy atom. The summed E-state index contributed by atoms with van der Waals surface area (Å²) in [5, 5.41) is 0. The zero-order chi connectivity index (χ0) is 19.6. The molecule has 3 heterocycles. The molecule has 1 amide bonds. The second-order valence-corrected chi connectivity index (χ2v) is 7.59. The molecule has 5 rings (SSSR count). The summed E-state index contributed by atoms with van der Waals surface area (Å²) in [6.07, 6.45) is 2.26. The number of fused-ring (bicyclic) bond motifs is 4. The van der Waals surface area contributed by atoms with Crippen LogP contribution >= 0.6 is 0 Å². The highest BCUT2D eigenvalue weighted by atomic mass is 19.3. The van der Waals surface area contributed by atoms with E-state index in [1.54, 1.807) is 22.7 Å². The first-order chi connectivity index (χ1) is 13.4. The van der Waals surface area contributed by atoms with Gasteiger partial charge in [0.15, 0.2) is 0 Å². The fraction of sp³-hybridized carbons (Fsp3) is 0.273. The number of aryl methyl sites for hydroxylation is 1. The lowest BCUT2D eigenvalue weighted by Gasteiger charge is -2.27. The highest BCUT2D eigenvalue weighted by Crippen LogP contribution is 2.54. The number of halogens is 2. The van der Waals surface area contributed by atoms with Gasteiger partial charge in [0, 0.05) is 41.8 Å². The summed E-state index contributed by atoms with van der Waals surface area (Å²) in [6, 6.07) is 11.2. The lowest BCUT2D eigenvalue weighted by atomic mass is 9.96. The second-order valence-electron chi connectivity index (χ2n) is 7.59. The van der Waals surface area contributed by atoms with Crippen LogP contribution in [0.5, 0.6) is 0 Å². The van der Waals surface area contributed by atoms with Crippen molar-refractivity contribution >= 4 is 5.91 Å². The van der Waals surface area contributed by atoms with Gasteiger partial charge in [-0.25, -0.2) is 8.78 Å². The van der Waals surface area contributed by atoms with Crippen LogP contribution in [0.1, 0.15) is 46.6 Å². The number of aromatic nitrogens is 2. The molecule has 0 bridgehead atoms. The Morgan fingerprint density at radius 1 is 1.18 bits per heavy atom.